The fourth-order valence-electron chi connectivity index (χ4n) is 2.44. The van der Waals surface area contributed by atoms with Crippen molar-refractivity contribution in [3.63, 3.8) is 0 Å². The number of likely N-dealkylation sites (N-methyl/N-ethyl adjacent to an activating group) is 1. The van der Waals surface area contributed by atoms with E-state index in [0.717, 1.165) is 24.8 Å². The number of carbonyl (C=O) groups excluding carboxylic acids is 2. The lowest BCUT2D eigenvalue weighted by atomic mass is 9.68. The summed E-state index contributed by atoms with van der Waals surface area (Å²) in [5.41, 5.74) is 6.83. The molecule has 0 saturated heterocycles. The molecule has 0 atom stereocenters. The summed E-state index contributed by atoms with van der Waals surface area (Å²) in [7, 11) is 1.60. The van der Waals surface area contributed by atoms with Crippen molar-refractivity contribution in [2.45, 2.75) is 25.7 Å². The van der Waals surface area contributed by atoms with Gasteiger partial charge in [-0.25, -0.2) is 0 Å². The van der Waals surface area contributed by atoms with Gasteiger partial charge in [0.2, 0.25) is 11.8 Å². The van der Waals surface area contributed by atoms with E-state index in [2.05, 4.69) is 10.6 Å². The lowest BCUT2D eigenvalue weighted by molar-refractivity contribution is -0.129. The number of carbonyl (C=O) groups is 2. The number of benzene rings is 1. The maximum atomic E-state index is 12.4. The molecule has 0 aliphatic heterocycles. The molecule has 0 aromatic heterocycles. The summed E-state index contributed by atoms with van der Waals surface area (Å²) in [5.74, 6) is -0.112. The minimum Gasteiger partial charge on any atom is -0.359 e. The molecule has 0 spiro atoms. The van der Waals surface area contributed by atoms with Gasteiger partial charge in [0, 0.05) is 19.3 Å². The number of anilines is 1. The standard InChI is InChI=1S/C15H21N3O2/c1-17-13(19)9-11-5-2-3-6-12(11)18-14(20)15(10-16)7-4-8-15/h2-3,5-6H,4,7-10,16H2,1H3,(H,17,19)(H,18,20). The fraction of sp³-hybridized carbons (Fsp3) is 0.467. The number of hydrogen-bond donors (Lipinski definition) is 3. The van der Waals surface area contributed by atoms with Crippen molar-refractivity contribution in [2.24, 2.45) is 11.1 Å². The summed E-state index contributed by atoms with van der Waals surface area (Å²) in [5, 5.41) is 5.52. The van der Waals surface area contributed by atoms with E-state index in [1.165, 1.54) is 0 Å². The molecule has 0 unspecified atom stereocenters. The molecule has 1 fully saturated rings. The van der Waals surface area contributed by atoms with Crippen molar-refractivity contribution in [1.29, 1.82) is 0 Å². The van der Waals surface area contributed by atoms with Crippen molar-refractivity contribution in [3.8, 4) is 0 Å². The van der Waals surface area contributed by atoms with Gasteiger partial charge in [-0.2, -0.15) is 0 Å². The third kappa shape index (κ3) is 2.82. The van der Waals surface area contributed by atoms with E-state index >= 15 is 0 Å². The molecule has 5 nitrogen and oxygen atoms in total. The zero-order valence-electron chi connectivity index (χ0n) is 11.7. The Bertz CT molecular complexity index is 504. The zero-order chi connectivity index (χ0) is 14.6. The maximum absolute atomic E-state index is 12.4. The molecular weight excluding hydrogens is 254 g/mol. The Balaban J connectivity index is 2.13. The van der Waals surface area contributed by atoms with Crippen LogP contribution in [0.1, 0.15) is 24.8 Å². The van der Waals surface area contributed by atoms with E-state index in [9.17, 15) is 9.59 Å². The van der Waals surface area contributed by atoms with Crippen LogP contribution in [0, 0.1) is 5.41 Å². The minimum atomic E-state index is -0.417. The molecule has 5 heteroatoms. The first-order chi connectivity index (χ1) is 9.61. The van der Waals surface area contributed by atoms with Crippen LogP contribution in [0.5, 0.6) is 0 Å². The van der Waals surface area contributed by atoms with E-state index < -0.39 is 5.41 Å². The third-order valence-electron chi connectivity index (χ3n) is 4.08. The van der Waals surface area contributed by atoms with Crippen molar-refractivity contribution in [2.75, 3.05) is 18.9 Å². The third-order valence-corrected chi connectivity index (χ3v) is 4.08. The summed E-state index contributed by atoms with van der Waals surface area (Å²) in [6, 6.07) is 7.37. The monoisotopic (exact) mass is 275 g/mol. The summed E-state index contributed by atoms with van der Waals surface area (Å²) < 4.78 is 0. The number of rotatable bonds is 5. The fourth-order valence-corrected chi connectivity index (χ4v) is 2.44. The molecule has 0 radical (unpaired) electrons. The van der Waals surface area contributed by atoms with Gasteiger partial charge in [-0.1, -0.05) is 24.6 Å². The molecule has 1 aliphatic carbocycles. The number of amides is 2. The summed E-state index contributed by atoms with van der Waals surface area (Å²) in [6.45, 7) is 0.371. The Hall–Kier alpha value is -1.88. The molecule has 0 heterocycles. The Morgan fingerprint density at radius 1 is 1.30 bits per heavy atom. The second kappa shape index (κ2) is 6.05. The number of nitrogens with one attached hydrogen (secondary N) is 2. The largest absolute Gasteiger partial charge is 0.359 e. The quantitative estimate of drug-likeness (QED) is 0.750. The summed E-state index contributed by atoms with van der Waals surface area (Å²) in [4.78, 5) is 23.9. The lowest BCUT2D eigenvalue weighted by Crippen LogP contribution is -2.47. The maximum Gasteiger partial charge on any atom is 0.231 e. The normalized spacial score (nSPS) is 16.1. The van der Waals surface area contributed by atoms with Gasteiger partial charge in [0.05, 0.1) is 11.8 Å². The molecular formula is C15H21N3O2. The van der Waals surface area contributed by atoms with Crippen molar-refractivity contribution in [1.82, 2.24) is 5.32 Å². The van der Waals surface area contributed by atoms with Gasteiger partial charge in [-0.05, 0) is 24.5 Å². The second-order valence-electron chi connectivity index (χ2n) is 5.30. The van der Waals surface area contributed by atoms with Gasteiger partial charge in [-0.15, -0.1) is 0 Å². The Kier molecular flexibility index (Phi) is 4.39. The average Bonchev–Trinajstić information content (AvgIpc) is 2.40. The molecule has 2 amide bonds. The summed E-state index contributed by atoms with van der Waals surface area (Å²) >= 11 is 0. The van der Waals surface area contributed by atoms with Crippen LogP contribution in [-0.2, 0) is 16.0 Å². The van der Waals surface area contributed by atoms with Crippen LogP contribution in [0.3, 0.4) is 0 Å². The smallest absolute Gasteiger partial charge is 0.231 e. The van der Waals surface area contributed by atoms with Gasteiger partial charge in [0.1, 0.15) is 0 Å². The molecule has 4 N–H and O–H groups in total. The summed E-state index contributed by atoms with van der Waals surface area (Å²) in [6.07, 6.45) is 2.98. The highest BCUT2D eigenvalue weighted by Gasteiger charge is 2.42. The topological polar surface area (TPSA) is 84.2 Å². The molecule has 0 bridgehead atoms. The van der Waals surface area contributed by atoms with Crippen LogP contribution in [-0.4, -0.2) is 25.4 Å². The van der Waals surface area contributed by atoms with Gasteiger partial charge < -0.3 is 16.4 Å². The first-order valence-corrected chi connectivity index (χ1v) is 6.91. The molecule has 108 valence electrons. The Labute approximate surface area is 118 Å². The van der Waals surface area contributed by atoms with Gasteiger partial charge in [0.25, 0.3) is 0 Å². The molecule has 1 saturated carbocycles. The van der Waals surface area contributed by atoms with Crippen LogP contribution in [0.2, 0.25) is 0 Å². The second-order valence-corrected chi connectivity index (χ2v) is 5.30. The van der Waals surface area contributed by atoms with Crippen LogP contribution in [0.15, 0.2) is 24.3 Å². The van der Waals surface area contributed by atoms with E-state index in [-0.39, 0.29) is 18.2 Å². The predicted molar refractivity (Wildman–Crippen MR) is 78.2 cm³/mol. The number of nitrogens with two attached hydrogens (primary N) is 1. The lowest BCUT2D eigenvalue weighted by Gasteiger charge is -2.39. The van der Waals surface area contributed by atoms with Crippen molar-refractivity contribution < 1.29 is 9.59 Å². The van der Waals surface area contributed by atoms with E-state index in [1.54, 1.807) is 7.05 Å². The van der Waals surface area contributed by atoms with Crippen LogP contribution < -0.4 is 16.4 Å². The average molecular weight is 275 g/mol. The predicted octanol–water partition coefficient (Wildman–Crippen LogP) is 1.04. The van der Waals surface area contributed by atoms with E-state index in [4.69, 9.17) is 5.73 Å². The first kappa shape index (κ1) is 14.5. The van der Waals surface area contributed by atoms with E-state index in [1.807, 2.05) is 24.3 Å². The highest BCUT2D eigenvalue weighted by Crippen LogP contribution is 2.41. The number of hydrogen-bond acceptors (Lipinski definition) is 3. The first-order valence-electron chi connectivity index (χ1n) is 6.91. The molecule has 20 heavy (non-hydrogen) atoms. The SMILES string of the molecule is CNC(=O)Cc1ccccc1NC(=O)C1(CN)CCC1. The van der Waals surface area contributed by atoms with Crippen LogP contribution in [0.4, 0.5) is 5.69 Å². The van der Waals surface area contributed by atoms with Gasteiger partial charge >= 0.3 is 0 Å². The molecule has 1 aromatic carbocycles. The highest BCUT2D eigenvalue weighted by molar-refractivity contribution is 5.97. The Morgan fingerprint density at radius 2 is 2.00 bits per heavy atom. The zero-order valence-corrected chi connectivity index (χ0v) is 11.7. The van der Waals surface area contributed by atoms with E-state index in [0.29, 0.717) is 12.2 Å². The van der Waals surface area contributed by atoms with Crippen LogP contribution >= 0.6 is 0 Å². The molecule has 2 rings (SSSR count). The van der Waals surface area contributed by atoms with Crippen molar-refractivity contribution >= 4 is 17.5 Å². The number of para-hydroxylation sites is 1. The molecule has 1 aromatic rings. The van der Waals surface area contributed by atoms with Crippen LogP contribution in [0.25, 0.3) is 0 Å². The minimum absolute atomic E-state index is 0.0318. The van der Waals surface area contributed by atoms with Gasteiger partial charge in [-0.3, -0.25) is 9.59 Å². The highest BCUT2D eigenvalue weighted by atomic mass is 16.2. The van der Waals surface area contributed by atoms with Crippen molar-refractivity contribution in [3.05, 3.63) is 29.8 Å². The Morgan fingerprint density at radius 3 is 2.55 bits per heavy atom. The van der Waals surface area contributed by atoms with Gasteiger partial charge in [0.15, 0.2) is 0 Å². The molecule has 1 aliphatic rings.